The van der Waals surface area contributed by atoms with Crippen LogP contribution in [0.2, 0.25) is 0 Å². The van der Waals surface area contributed by atoms with E-state index in [1.165, 1.54) is 40.1 Å². The number of carbonyl (C=O) groups excluding carboxylic acids is 2. The summed E-state index contributed by atoms with van der Waals surface area (Å²) in [7, 11) is 0. The second-order valence-electron chi connectivity index (χ2n) is 9.34. The summed E-state index contributed by atoms with van der Waals surface area (Å²) in [5, 5.41) is 2.00. The summed E-state index contributed by atoms with van der Waals surface area (Å²) < 4.78 is 33.3. The van der Waals surface area contributed by atoms with E-state index in [1.807, 2.05) is 11.4 Å². The summed E-state index contributed by atoms with van der Waals surface area (Å²) in [6, 6.07) is 13.1. The SMILES string of the molecule is CC(C)CCN(CC(=O)N1CCc2sccc2[C@@H]1COc1cccc(F)c1)C(=O)c1cccc(F)c1. The molecule has 190 valence electrons. The number of halogens is 2. The summed E-state index contributed by atoms with van der Waals surface area (Å²) in [6.07, 6.45) is 1.44. The summed E-state index contributed by atoms with van der Waals surface area (Å²) >= 11 is 1.64. The van der Waals surface area contributed by atoms with Crippen molar-refractivity contribution in [1.82, 2.24) is 9.80 Å². The molecule has 0 saturated heterocycles. The molecule has 0 unspecified atom stereocenters. The first-order valence-corrected chi connectivity index (χ1v) is 13.0. The molecule has 0 radical (unpaired) electrons. The molecule has 0 N–H and O–H groups in total. The highest BCUT2D eigenvalue weighted by molar-refractivity contribution is 7.10. The van der Waals surface area contributed by atoms with Gasteiger partial charge in [0, 0.05) is 29.6 Å². The van der Waals surface area contributed by atoms with Crippen molar-refractivity contribution in [2.75, 3.05) is 26.2 Å². The van der Waals surface area contributed by atoms with Crippen LogP contribution in [0.25, 0.3) is 0 Å². The van der Waals surface area contributed by atoms with Gasteiger partial charge in [-0.1, -0.05) is 26.0 Å². The molecule has 1 aromatic heterocycles. The third-order valence-electron chi connectivity index (χ3n) is 6.28. The van der Waals surface area contributed by atoms with E-state index < -0.39 is 11.6 Å². The number of hydrogen-bond donors (Lipinski definition) is 0. The topological polar surface area (TPSA) is 49.9 Å². The first-order valence-electron chi connectivity index (χ1n) is 12.1. The van der Waals surface area contributed by atoms with Gasteiger partial charge in [-0.25, -0.2) is 8.78 Å². The summed E-state index contributed by atoms with van der Waals surface area (Å²) in [5.74, 6) is -0.732. The summed E-state index contributed by atoms with van der Waals surface area (Å²) in [4.78, 5) is 31.3. The Balaban J connectivity index is 1.53. The van der Waals surface area contributed by atoms with Gasteiger partial charge in [0.05, 0.1) is 6.04 Å². The van der Waals surface area contributed by atoms with Crippen molar-refractivity contribution in [1.29, 1.82) is 0 Å². The predicted molar refractivity (Wildman–Crippen MR) is 136 cm³/mol. The Morgan fingerprint density at radius 3 is 2.58 bits per heavy atom. The average Bonchev–Trinajstić information content (AvgIpc) is 3.33. The molecule has 1 aliphatic heterocycles. The van der Waals surface area contributed by atoms with E-state index in [0.29, 0.717) is 24.8 Å². The van der Waals surface area contributed by atoms with Crippen LogP contribution in [0.1, 0.15) is 47.1 Å². The number of carbonyl (C=O) groups is 2. The molecule has 0 aliphatic carbocycles. The van der Waals surface area contributed by atoms with Crippen molar-refractivity contribution < 1.29 is 23.1 Å². The fraction of sp³-hybridized carbons (Fsp3) is 0.357. The van der Waals surface area contributed by atoms with Crippen molar-refractivity contribution in [3.8, 4) is 5.75 Å². The molecule has 0 fully saturated rings. The molecule has 2 amide bonds. The fourth-order valence-electron chi connectivity index (χ4n) is 4.33. The van der Waals surface area contributed by atoms with Crippen molar-refractivity contribution in [3.63, 3.8) is 0 Å². The normalized spacial score (nSPS) is 15.0. The summed E-state index contributed by atoms with van der Waals surface area (Å²) in [6.45, 7) is 5.04. The first kappa shape index (κ1) is 25.8. The van der Waals surface area contributed by atoms with E-state index in [-0.39, 0.29) is 36.6 Å². The monoisotopic (exact) mass is 512 g/mol. The Bertz CT molecular complexity index is 1210. The highest BCUT2D eigenvalue weighted by atomic mass is 32.1. The minimum atomic E-state index is -0.494. The van der Waals surface area contributed by atoms with E-state index in [1.54, 1.807) is 34.4 Å². The molecule has 2 aromatic carbocycles. The number of amides is 2. The average molecular weight is 513 g/mol. The van der Waals surface area contributed by atoms with Crippen molar-refractivity contribution in [2.24, 2.45) is 5.92 Å². The van der Waals surface area contributed by atoms with Gasteiger partial charge in [-0.2, -0.15) is 0 Å². The second-order valence-corrected chi connectivity index (χ2v) is 10.3. The van der Waals surface area contributed by atoms with Gasteiger partial charge in [-0.15, -0.1) is 11.3 Å². The maximum absolute atomic E-state index is 13.8. The van der Waals surface area contributed by atoms with Crippen molar-refractivity contribution >= 4 is 23.2 Å². The molecule has 36 heavy (non-hydrogen) atoms. The second kappa shape index (κ2) is 11.6. The Labute approximate surface area is 214 Å². The standard InChI is InChI=1S/C28H30F2N2O3S/c1-19(2)9-12-31(28(34)20-5-3-6-21(29)15-20)17-27(33)32-13-10-26-24(11-14-36-26)25(32)18-35-23-8-4-7-22(30)16-23/h3-8,11,14-16,19,25H,9-10,12-13,17-18H2,1-2H3/t25-/m0/s1. The Kier molecular flexibility index (Phi) is 8.36. The van der Waals surface area contributed by atoms with Crippen LogP contribution in [0, 0.1) is 17.6 Å². The largest absolute Gasteiger partial charge is 0.491 e. The smallest absolute Gasteiger partial charge is 0.254 e. The highest BCUT2D eigenvalue weighted by Gasteiger charge is 2.33. The van der Waals surface area contributed by atoms with Gasteiger partial charge in [-0.05, 0) is 66.1 Å². The maximum atomic E-state index is 13.8. The third kappa shape index (κ3) is 6.29. The maximum Gasteiger partial charge on any atom is 0.254 e. The lowest BCUT2D eigenvalue weighted by Crippen LogP contribution is -2.48. The van der Waals surface area contributed by atoms with E-state index >= 15 is 0 Å². The molecule has 8 heteroatoms. The lowest BCUT2D eigenvalue weighted by molar-refractivity contribution is -0.135. The van der Waals surface area contributed by atoms with E-state index in [9.17, 15) is 18.4 Å². The molecule has 0 spiro atoms. The number of hydrogen-bond acceptors (Lipinski definition) is 4. The zero-order valence-electron chi connectivity index (χ0n) is 20.5. The van der Waals surface area contributed by atoms with Gasteiger partial charge in [0.25, 0.3) is 5.91 Å². The number of nitrogens with zero attached hydrogens (tertiary/aromatic N) is 2. The Morgan fingerprint density at radius 2 is 1.86 bits per heavy atom. The molecular formula is C28H30F2N2O3S. The summed E-state index contributed by atoms with van der Waals surface area (Å²) in [5.41, 5.74) is 1.23. The van der Waals surface area contributed by atoms with Crippen LogP contribution in [0.4, 0.5) is 8.78 Å². The van der Waals surface area contributed by atoms with Crippen LogP contribution >= 0.6 is 11.3 Å². The van der Waals surface area contributed by atoms with Crippen LogP contribution in [-0.2, 0) is 11.2 Å². The van der Waals surface area contributed by atoms with Gasteiger partial charge in [0.2, 0.25) is 5.91 Å². The minimum Gasteiger partial charge on any atom is -0.491 e. The quantitative estimate of drug-likeness (QED) is 0.369. The predicted octanol–water partition coefficient (Wildman–Crippen LogP) is 5.72. The number of thiophene rings is 1. The number of rotatable bonds is 9. The number of ether oxygens (including phenoxy) is 1. The molecule has 0 saturated carbocycles. The van der Waals surface area contributed by atoms with Crippen LogP contribution in [0.5, 0.6) is 5.75 Å². The molecule has 2 heterocycles. The lowest BCUT2D eigenvalue weighted by Gasteiger charge is -2.37. The molecule has 4 rings (SSSR count). The van der Waals surface area contributed by atoms with Crippen LogP contribution in [-0.4, -0.2) is 47.9 Å². The molecule has 1 atom stereocenters. The van der Waals surface area contributed by atoms with Crippen LogP contribution < -0.4 is 4.74 Å². The van der Waals surface area contributed by atoms with E-state index in [4.69, 9.17) is 4.74 Å². The number of fused-ring (bicyclic) bond motifs is 1. The number of benzene rings is 2. The molecule has 1 aliphatic rings. The molecule has 5 nitrogen and oxygen atoms in total. The van der Waals surface area contributed by atoms with Gasteiger partial charge < -0.3 is 14.5 Å². The zero-order chi connectivity index (χ0) is 25.7. The third-order valence-corrected chi connectivity index (χ3v) is 7.28. The van der Waals surface area contributed by atoms with Gasteiger partial charge in [-0.3, -0.25) is 9.59 Å². The molecular weight excluding hydrogens is 482 g/mol. The van der Waals surface area contributed by atoms with Gasteiger partial charge >= 0.3 is 0 Å². The Hall–Kier alpha value is -3.26. The van der Waals surface area contributed by atoms with Crippen LogP contribution in [0.3, 0.4) is 0 Å². The fourth-order valence-corrected chi connectivity index (χ4v) is 5.26. The van der Waals surface area contributed by atoms with Gasteiger partial charge in [0.15, 0.2) is 0 Å². The minimum absolute atomic E-state index is 0.113. The zero-order valence-corrected chi connectivity index (χ0v) is 21.3. The van der Waals surface area contributed by atoms with Gasteiger partial charge in [0.1, 0.15) is 30.5 Å². The van der Waals surface area contributed by atoms with E-state index in [0.717, 1.165) is 18.4 Å². The lowest BCUT2D eigenvalue weighted by atomic mass is 10.00. The Morgan fingerprint density at radius 1 is 1.11 bits per heavy atom. The van der Waals surface area contributed by atoms with Crippen molar-refractivity contribution in [3.05, 3.63) is 87.6 Å². The van der Waals surface area contributed by atoms with Crippen molar-refractivity contribution in [2.45, 2.75) is 32.7 Å². The first-order chi connectivity index (χ1) is 17.3. The molecule has 3 aromatic rings. The molecule has 0 bridgehead atoms. The van der Waals surface area contributed by atoms with Crippen LogP contribution in [0.15, 0.2) is 60.0 Å². The highest BCUT2D eigenvalue weighted by Crippen LogP contribution is 2.34. The van der Waals surface area contributed by atoms with E-state index in [2.05, 4.69) is 13.8 Å².